The maximum atomic E-state index is 10.8. The third-order valence-electron chi connectivity index (χ3n) is 13.7. The number of hydrogen-bond donors (Lipinski definition) is 1. The molecule has 9 aliphatic rings. The maximum Gasteiger partial charge on any atom is 0.0574 e. The molecule has 0 aromatic heterocycles. The smallest absolute Gasteiger partial charge is 0.0574 e. The first-order valence-corrected chi connectivity index (χ1v) is 13.6. The molecule has 156 valence electrons. The molecule has 0 heterocycles. The van der Waals surface area contributed by atoms with Gasteiger partial charge >= 0.3 is 0 Å². The minimum absolute atomic E-state index is 0.0708. The van der Waals surface area contributed by atoms with Crippen molar-refractivity contribution in [2.45, 2.75) is 70.3 Å². The highest BCUT2D eigenvalue weighted by molar-refractivity contribution is 5.32. The van der Waals surface area contributed by atoms with Gasteiger partial charge in [0.05, 0.1) is 6.10 Å². The van der Waals surface area contributed by atoms with Crippen molar-refractivity contribution in [1.29, 1.82) is 0 Å². The Labute approximate surface area is 176 Å². The summed E-state index contributed by atoms with van der Waals surface area (Å²) in [6, 6.07) is 0. The van der Waals surface area contributed by atoms with E-state index in [1.54, 1.807) is 25.7 Å². The standard InChI is InChI=1S/C28H38O/c29-22-10-15-9-17(22)26-19-12-21(25(15)26)28(16-4-2-1-3-5-16)20-11-18(27(19)28)23-13-6-7-14(8-13)24(20)23/h6-7,13-27,29H,1-5,8-12H2. The summed E-state index contributed by atoms with van der Waals surface area (Å²) in [5, 5.41) is 10.8. The van der Waals surface area contributed by atoms with Crippen molar-refractivity contribution in [3.05, 3.63) is 12.2 Å². The van der Waals surface area contributed by atoms with Crippen LogP contribution < -0.4 is 0 Å². The molecule has 1 N–H and O–H groups in total. The number of aliphatic hydroxyl groups excluding tert-OH is 1. The van der Waals surface area contributed by atoms with E-state index in [0.717, 1.165) is 82.3 Å². The Morgan fingerprint density at radius 2 is 1.38 bits per heavy atom. The van der Waals surface area contributed by atoms with Gasteiger partial charge in [-0.2, -0.15) is 0 Å². The van der Waals surface area contributed by atoms with Crippen molar-refractivity contribution in [3.8, 4) is 0 Å². The van der Waals surface area contributed by atoms with E-state index in [2.05, 4.69) is 12.2 Å². The summed E-state index contributed by atoms with van der Waals surface area (Å²) in [4.78, 5) is 0. The first-order valence-electron chi connectivity index (χ1n) is 13.6. The molecule has 9 rings (SSSR count). The fourth-order valence-corrected chi connectivity index (χ4v) is 14.1. The average molecular weight is 391 g/mol. The molecular weight excluding hydrogens is 352 g/mol. The molecule has 9 aliphatic carbocycles. The maximum absolute atomic E-state index is 10.8. The van der Waals surface area contributed by atoms with E-state index >= 15 is 0 Å². The highest BCUT2D eigenvalue weighted by Gasteiger charge is 2.82. The Bertz CT molecular complexity index is 794. The lowest BCUT2D eigenvalue weighted by molar-refractivity contribution is -0.143. The van der Waals surface area contributed by atoms with E-state index in [1.165, 1.54) is 38.5 Å². The van der Waals surface area contributed by atoms with E-state index in [0.29, 0.717) is 5.92 Å². The Morgan fingerprint density at radius 3 is 2.21 bits per heavy atom. The van der Waals surface area contributed by atoms with Gasteiger partial charge < -0.3 is 5.11 Å². The second kappa shape index (κ2) is 5.02. The van der Waals surface area contributed by atoms with Gasteiger partial charge in [0.1, 0.15) is 0 Å². The molecule has 1 heteroatoms. The highest BCUT2D eigenvalue weighted by atomic mass is 16.3. The molecule has 0 aromatic carbocycles. The van der Waals surface area contributed by atoms with Crippen molar-refractivity contribution >= 4 is 0 Å². The zero-order valence-corrected chi connectivity index (χ0v) is 17.8. The van der Waals surface area contributed by atoms with E-state index in [9.17, 15) is 5.11 Å². The SMILES string of the molecule is OC1CC2CC1C1C3CC(C21)C1(C2CCCCC2)C2CC(C4C5C=CC(C5)C42)C31. The van der Waals surface area contributed by atoms with Crippen LogP contribution in [0, 0.1) is 88.3 Å². The first kappa shape index (κ1) is 16.3. The van der Waals surface area contributed by atoms with Crippen molar-refractivity contribution in [3.63, 3.8) is 0 Å². The topological polar surface area (TPSA) is 20.2 Å². The van der Waals surface area contributed by atoms with Crippen molar-refractivity contribution in [2.24, 2.45) is 88.3 Å². The molecule has 0 spiro atoms. The quantitative estimate of drug-likeness (QED) is 0.460. The van der Waals surface area contributed by atoms with E-state index < -0.39 is 0 Å². The lowest BCUT2D eigenvalue weighted by atomic mass is 9.43. The second-order valence-electron chi connectivity index (χ2n) is 13.6. The molecule has 15 atom stereocenters. The van der Waals surface area contributed by atoms with Crippen LogP contribution in [0.15, 0.2) is 12.2 Å². The van der Waals surface area contributed by atoms with Gasteiger partial charge in [-0.1, -0.05) is 31.4 Å². The molecule has 0 amide bonds. The zero-order valence-electron chi connectivity index (χ0n) is 17.8. The fraction of sp³-hybridized carbons (Fsp3) is 0.929. The molecule has 0 aromatic rings. The molecule has 8 bridgehead atoms. The molecule has 0 aliphatic heterocycles. The molecule has 8 saturated carbocycles. The van der Waals surface area contributed by atoms with Crippen molar-refractivity contribution in [2.75, 3.05) is 0 Å². The minimum Gasteiger partial charge on any atom is -0.393 e. The summed E-state index contributed by atoms with van der Waals surface area (Å²) < 4.78 is 0. The third-order valence-corrected chi connectivity index (χ3v) is 13.7. The predicted molar refractivity (Wildman–Crippen MR) is 113 cm³/mol. The van der Waals surface area contributed by atoms with Crippen LogP contribution in [-0.2, 0) is 0 Å². The van der Waals surface area contributed by atoms with Crippen LogP contribution in [0.4, 0.5) is 0 Å². The molecule has 15 unspecified atom stereocenters. The summed E-state index contributed by atoms with van der Waals surface area (Å²) >= 11 is 0. The minimum atomic E-state index is 0.0708. The van der Waals surface area contributed by atoms with Gasteiger partial charge in [0.25, 0.3) is 0 Å². The summed E-state index contributed by atoms with van der Waals surface area (Å²) in [5.74, 6) is 14.2. The lowest BCUT2D eigenvalue weighted by Crippen LogP contribution is -2.57. The monoisotopic (exact) mass is 390 g/mol. The van der Waals surface area contributed by atoms with Crippen LogP contribution in [-0.4, -0.2) is 11.2 Å². The van der Waals surface area contributed by atoms with Crippen LogP contribution in [0.5, 0.6) is 0 Å². The lowest BCUT2D eigenvalue weighted by Gasteiger charge is -2.61. The van der Waals surface area contributed by atoms with Gasteiger partial charge in [-0.15, -0.1) is 0 Å². The normalized spacial score (nSPS) is 70.1. The molecule has 0 saturated heterocycles. The number of rotatable bonds is 1. The Hall–Kier alpha value is -0.300. The number of fused-ring (bicyclic) bond motifs is 23. The average Bonchev–Trinajstić information content (AvgIpc) is 3.57. The van der Waals surface area contributed by atoms with Gasteiger partial charge in [-0.05, 0) is 133 Å². The van der Waals surface area contributed by atoms with Gasteiger partial charge in [-0.3, -0.25) is 0 Å². The number of allylic oxidation sites excluding steroid dienone is 2. The summed E-state index contributed by atoms with van der Waals surface area (Å²) in [6.45, 7) is 0. The Kier molecular flexibility index (Phi) is 2.83. The number of aliphatic hydroxyl groups is 1. The van der Waals surface area contributed by atoms with E-state index in [1.807, 2.05) is 0 Å². The highest BCUT2D eigenvalue weighted by Crippen LogP contribution is 2.87. The van der Waals surface area contributed by atoms with Crippen molar-refractivity contribution < 1.29 is 5.11 Å². The van der Waals surface area contributed by atoms with Crippen LogP contribution in [0.1, 0.15) is 64.2 Å². The summed E-state index contributed by atoms with van der Waals surface area (Å²) in [6.07, 6.45) is 20.5. The largest absolute Gasteiger partial charge is 0.393 e. The Balaban J connectivity index is 1.22. The summed E-state index contributed by atoms with van der Waals surface area (Å²) in [7, 11) is 0. The molecular formula is C28H38O. The molecule has 8 fully saturated rings. The fourth-order valence-electron chi connectivity index (χ4n) is 14.1. The van der Waals surface area contributed by atoms with E-state index in [4.69, 9.17) is 0 Å². The second-order valence-corrected chi connectivity index (χ2v) is 13.6. The third kappa shape index (κ3) is 1.55. The molecule has 0 radical (unpaired) electrons. The van der Waals surface area contributed by atoms with Crippen LogP contribution in [0.2, 0.25) is 0 Å². The van der Waals surface area contributed by atoms with Crippen molar-refractivity contribution in [1.82, 2.24) is 0 Å². The van der Waals surface area contributed by atoms with Crippen LogP contribution >= 0.6 is 0 Å². The predicted octanol–water partition coefficient (Wildman–Crippen LogP) is 5.54. The molecule has 29 heavy (non-hydrogen) atoms. The summed E-state index contributed by atoms with van der Waals surface area (Å²) in [5.41, 5.74) is 0.770. The number of hydrogen-bond acceptors (Lipinski definition) is 1. The van der Waals surface area contributed by atoms with Gasteiger partial charge in [-0.25, -0.2) is 0 Å². The van der Waals surface area contributed by atoms with Gasteiger partial charge in [0.15, 0.2) is 0 Å². The first-order chi connectivity index (χ1) is 14.3. The molecule has 1 nitrogen and oxygen atoms in total. The van der Waals surface area contributed by atoms with Crippen LogP contribution in [0.3, 0.4) is 0 Å². The van der Waals surface area contributed by atoms with Gasteiger partial charge in [0.2, 0.25) is 0 Å². The Morgan fingerprint density at radius 1 is 0.655 bits per heavy atom. The van der Waals surface area contributed by atoms with E-state index in [-0.39, 0.29) is 6.10 Å². The zero-order chi connectivity index (χ0) is 18.6. The van der Waals surface area contributed by atoms with Gasteiger partial charge in [0, 0.05) is 0 Å². The van der Waals surface area contributed by atoms with Crippen LogP contribution in [0.25, 0.3) is 0 Å².